The number of benzene rings is 1. The molecule has 1 aromatic carbocycles. The summed E-state index contributed by atoms with van der Waals surface area (Å²) in [4.78, 5) is 2.65. The van der Waals surface area contributed by atoms with E-state index in [0.717, 1.165) is 24.8 Å². The van der Waals surface area contributed by atoms with Gasteiger partial charge in [0.2, 0.25) is 0 Å². The number of nitrogens with one attached hydrogen (secondary N) is 1. The Balaban J connectivity index is 1.75. The van der Waals surface area contributed by atoms with Crippen LogP contribution in [0, 0.1) is 5.92 Å². The zero-order chi connectivity index (χ0) is 13.1. The number of hydrogen-bond donors (Lipinski definition) is 1. The maximum atomic E-state index is 5.26. The van der Waals surface area contributed by atoms with Crippen LogP contribution in [0.5, 0.6) is 5.75 Å². The third kappa shape index (κ3) is 3.28. The molecule has 3 rings (SSSR count). The van der Waals surface area contributed by atoms with Gasteiger partial charge in [-0.25, -0.2) is 0 Å². The molecule has 0 bridgehead atoms. The lowest BCUT2D eigenvalue weighted by atomic mass is 9.98. The summed E-state index contributed by atoms with van der Waals surface area (Å²) in [7, 11) is 1.73. The largest absolute Gasteiger partial charge is 0.497 e. The Morgan fingerprint density at radius 1 is 1.21 bits per heavy atom. The molecule has 3 heteroatoms. The van der Waals surface area contributed by atoms with Crippen LogP contribution >= 0.6 is 0 Å². The molecule has 1 saturated heterocycles. The van der Waals surface area contributed by atoms with E-state index >= 15 is 0 Å². The smallest absolute Gasteiger partial charge is 0.118 e. The van der Waals surface area contributed by atoms with Crippen LogP contribution in [0.2, 0.25) is 0 Å². The third-order valence-electron chi connectivity index (χ3n) is 4.35. The molecule has 19 heavy (non-hydrogen) atoms. The zero-order valence-electron chi connectivity index (χ0n) is 11.8. The second-order valence-electron chi connectivity index (χ2n) is 5.75. The average molecular weight is 260 g/mol. The number of piperazine rings is 1. The Morgan fingerprint density at radius 3 is 2.47 bits per heavy atom. The fourth-order valence-electron chi connectivity index (χ4n) is 2.99. The van der Waals surface area contributed by atoms with Gasteiger partial charge >= 0.3 is 0 Å². The molecule has 0 unspecified atom stereocenters. The van der Waals surface area contributed by atoms with Crippen molar-refractivity contribution in [1.82, 2.24) is 10.2 Å². The van der Waals surface area contributed by atoms with E-state index in [0.29, 0.717) is 6.04 Å². The van der Waals surface area contributed by atoms with Crippen molar-refractivity contribution in [2.24, 2.45) is 5.92 Å². The molecule has 1 saturated carbocycles. The fourth-order valence-corrected chi connectivity index (χ4v) is 2.99. The lowest BCUT2D eigenvalue weighted by molar-refractivity contribution is 0.160. The van der Waals surface area contributed by atoms with Crippen LogP contribution in [-0.4, -0.2) is 38.2 Å². The highest BCUT2D eigenvalue weighted by molar-refractivity contribution is 5.29. The van der Waals surface area contributed by atoms with Crippen LogP contribution < -0.4 is 10.1 Å². The van der Waals surface area contributed by atoms with Gasteiger partial charge in [-0.1, -0.05) is 25.0 Å². The van der Waals surface area contributed by atoms with E-state index in [1.54, 1.807) is 7.11 Å². The molecule has 1 N–H and O–H groups in total. The lowest BCUT2D eigenvalue weighted by Crippen LogP contribution is -2.45. The lowest BCUT2D eigenvalue weighted by Gasteiger charge is -2.35. The van der Waals surface area contributed by atoms with E-state index in [2.05, 4.69) is 34.5 Å². The Bertz CT molecular complexity index is 394. The molecule has 0 spiro atoms. The van der Waals surface area contributed by atoms with Gasteiger partial charge < -0.3 is 10.1 Å². The van der Waals surface area contributed by atoms with E-state index in [1.807, 2.05) is 0 Å². The molecule has 2 aliphatic rings. The fraction of sp³-hybridized carbons (Fsp3) is 0.625. The van der Waals surface area contributed by atoms with Gasteiger partial charge in [-0.2, -0.15) is 0 Å². The van der Waals surface area contributed by atoms with Crippen molar-refractivity contribution < 1.29 is 4.74 Å². The van der Waals surface area contributed by atoms with Gasteiger partial charge in [0.05, 0.1) is 7.11 Å². The first-order valence-corrected chi connectivity index (χ1v) is 7.45. The number of ether oxygens (including phenoxy) is 1. The monoisotopic (exact) mass is 260 g/mol. The molecule has 2 fully saturated rings. The predicted octanol–water partition coefficient (Wildman–Crippen LogP) is 2.44. The molecular weight excluding hydrogens is 236 g/mol. The second kappa shape index (κ2) is 5.93. The highest BCUT2D eigenvalue weighted by Gasteiger charge is 2.30. The maximum Gasteiger partial charge on any atom is 0.118 e. The quantitative estimate of drug-likeness (QED) is 0.880. The molecule has 1 aliphatic heterocycles. The number of nitrogens with zero attached hydrogens (tertiary/aromatic N) is 1. The van der Waals surface area contributed by atoms with Crippen LogP contribution in [0.1, 0.15) is 30.9 Å². The molecule has 1 aromatic rings. The SMILES string of the molecule is COc1ccc([C@@H](CC2CC2)N2CCNCC2)cc1. The van der Waals surface area contributed by atoms with Crippen molar-refractivity contribution in [1.29, 1.82) is 0 Å². The molecule has 1 heterocycles. The van der Waals surface area contributed by atoms with E-state index in [9.17, 15) is 0 Å². The van der Waals surface area contributed by atoms with Gasteiger partial charge in [0, 0.05) is 32.2 Å². The first-order valence-electron chi connectivity index (χ1n) is 7.45. The Kier molecular flexibility index (Phi) is 4.04. The average Bonchev–Trinajstić information content (AvgIpc) is 3.30. The van der Waals surface area contributed by atoms with Crippen LogP contribution in [0.15, 0.2) is 24.3 Å². The number of methoxy groups -OCH3 is 1. The minimum absolute atomic E-state index is 0.598. The van der Waals surface area contributed by atoms with Crippen molar-refractivity contribution in [3.63, 3.8) is 0 Å². The molecule has 0 aromatic heterocycles. The molecule has 3 nitrogen and oxygen atoms in total. The summed E-state index contributed by atoms with van der Waals surface area (Å²) in [5.74, 6) is 1.91. The van der Waals surface area contributed by atoms with Crippen molar-refractivity contribution in [2.45, 2.75) is 25.3 Å². The third-order valence-corrected chi connectivity index (χ3v) is 4.35. The molecule has 0 radical (unpaired) electrons. The molecule has 1 aliphatic carbocycles. The summed E-state index contributed by atoms with van der Waals surface area (Å²) >= 11 is 0. The summed E-state index contributed by atoms with van der Waals surface area (Å²) in [6, 6.07) is 9.27. The summed E-state index contributed by atoms with van der Waals surface area (Å²) in [5.41, 5.74) is 1.45. The van der Waals surface area contributed by atoms with Crippen LogP contribution in [0.3, 0.4) is 0 Å². The summed E-state index contributed by atoms with van der Waals surface area (Å²) in [6.45, 7) is 4.58. The zero-order valence-corrected chi connectivity index (χ0v) is 11.8. The van der Waals surface area contributed by atoms with Gasteiger partial charge in [-0.05, 0) is 30.0 Å². The topological polar surface area (TPSA) is 24.5 Å². The van der Waals surface area contributed by atoms with Crippen LogP contribution in [0.25, 0.3) is 0 Å². The summed E-state index contributed by atoms with van der Waals surface area (Å²) in [5, 5.41) is 3.45. The van der Waals surface area contributed by atoms with Gasteiger partial charge in [0.1, 0.15) is 5.75 Å². The van der Waals surface area contributed by atoms with Crippen LogP contribution in [-0.2, 0) is 0 Å². The molecule has 104 valence electrons. The van der Waals surface area contributed by atoms with E-state index in [4.69, 9.17) is 4.74 Å². The van der Waals surface area contributed by atoms with Crippen molar-refractivity contribution >= 4 is 0 Å². The Labute approximate surface area is 115 Å². The molecule has 1 atom stereocenters. The van der Waals surface area contributed by atoms with Gasteiger partial charge in [-0.3, -0.25) is 4.90 Å². The standard InChI is InChI=1S/C16H24N2O/c1-19-15-6-4-14(5-7-15)16(12-13-2-3-13)18-10-8-17-9-11-18/h4-7,13,16-17H,2-3,8-12H2,1H3/t16-/m1/s1. The maximum absolute atomic E-state index is 5.26. The first kappa shape index (κ1) is 12.9. The van der Waals surface area contributed by atoms with E-state index < -0.39 is 0 Å². The summed E-state index contributed by atoms with van der Waals surface area (Å²) < 4.78 is 5.26. The number of hydrogen-bond acceptors (Lipinski definition) is 3. The van der Waals surface area contributed by atoms with Gasteiger partial charge in [0.15, 0.2) is 0 Å². The highest BCUT2D eigenvalue weighted by atomic mass is 16.5. The van der Waals surface area contributed by atoms with Crippen molar-refractivity contribution in [3.8, 4) is 5.75 Å². The minimum atomic E-state index is 0.598. The normalized spacial score (nSPS) is 22.2. The number of rotatable bonds is 5. The van der Waals surface area contributed by atoms with E-state index in [-0.39, 0.29) is 0 Å². The predicted molar refractivity (Wildman–Crippen MR) is 77.5 cm³/mol. The molecular formula is C16H24N2O. The minimum Gasteiger partial charge on any atom is -0.497 e. The first-order chi connectivity index (χ1) is 9.36. The van der Waals surface area contributed by atoms with E-state index in [1.165, 1.54) is 37.9 Å². The summed E-state index contributed by atoms with van der Waals surface area (Å²) in [6.07, 6.45) is 4.18. The van der Waals surface area contributed by atoms with Gasteiger partial charge in [0.25, 0.3) is 0 Å². The van der Waals surface area contributed by atoms with Crippen molar-refractivity contribution in [2.75, 3.05) is 33.3 Å². The molecule has 0 amide bonds. The van der Waals surface area contributed by atoms with Gasteiger partial charge in [-0.15, -0.1) is 0 Å². The van der Waals surface area contributed by atoms with Crippen LogP contribution in [0.4, 0.5) is 0 Å². The highest BCUT2D eigenvalue weighted by Crippen LogP contribution is 2.40. The Morgan fingerprint density at radius 2 is 1.89 bits per heavy atom. The Hall–Kier alpha value is -1.06. The second-order valence-corrected chi connectivity index (χ2v) is 5.75. The van der Waals surface area contributed by atoms with Crippen molar-refractivity contribution in [3.05, 3.63) is 29.8 Å².